The molecular weight excluding hydrogens is 389 g/mol. The van der Waals surface area contributed by atoms with Crippen molar-refractivity contribution in [3.63, 3.8) is 0 Å². The maximum absolute atomic E-state index is 13.2. The predicted octanol–water partition coefficient (Wildman–Crippen LogP) is 4.56. The van der Waals surface area contributed by atoms with Crippen molar-refractivity contribution in [2.75, 3.05) is 18.5 Å². The molecule has 0 unspecified atom stereocenters. The third-order valence-corrected chi connectivity index (χ3v) is 4.16. The molecular formula is C20H17ClFNO5. The Morgan fingerprint density at radius 3 is 2.75 bits per heavy atom. The van der Waals surface area contributed by atoms with E-state index in [1.807, 2.05) is 19.1 Å². The Bertz CT molecular complexity index is 1020. The van der Waals surface area contributed by atoms with Crippen LogP contribution in [-0.4, -0.2) is 25.1 Å². The molecule has 1 heterocycles. The van der Waals surface area contributed by atoms with Gasteiger partial charge in [0, 0.05) is 23.2 Å². The minimum atomic E-state index is -0.779. The average molecular weight is 406 g/mol. The molecule has 3 rings (SSSR count). The minimum Gasteiger partial charge on any atom is -0.450 e. The molecule has 1 amide bonds. The first-order valence-corrected chi connectivity index (χ1v) is 8.87. The van der Waals surface area contributed by atoms with Crippen molar-refractivity contribution in [2.24, 2.45) is 0 Å². The van der Waals surface area contributed by atoms with Gasteiger partial charge in [0.2, 0.25) is 5.76 Å². The van der Waals surface area contributed by atoms with E-state index in [1.54, 1.807) is 12.1 Å². The maximum Gasteiger partial charge on any atom is 0.375 e. The Labute approximate surface area is 165 Å². The Morgan fingerprint density at radius 1 is 1.21 bits per heavy atom. The number of hydrogen-bond donors (Lipinski definition) is 1. The minimum absolute atomic E-state index is 0.00715. The number of carbonyl (C=O) groups is 2. The lowest BCUT2D eigenvalue weighted by Crippen LogP contribution is -2.21. The molecule has 8 heteroatoms. The second-order valence-electron chi connectivity index (χ2n) is 5.80. The summed E-state index contributed by atoms with van der Waals surface area (Å²) in [5, 5.41) is 3.09. The van der Waals surface area contributed by atoms with Gasteiger partial charge in [-0.15, -0.1) is 0 Å². The van der Waals surface area contributed by atoms with Gasteiger partial charge in [-0.05, 0) is 31.2 Å². The number of fused-ring (bicyclic) bond motifs is 1. The Kier molecular flexibility index (Phi) is 6.28. The van der Waals surface area contributed by atoms with Crippen molar-refractivity contribution in [3.8, 4) is 0 Å². The van der Waals surface area contributed by atoms with E-state index in [0.717, 1.165) is 11.5 Å². The second kappa shape index (κ2) is 8.86. The molecule has 0 aliphatic rings. The fraction of sp³-hybridized carbons (Fsp3) is 0.200. The van der Waals surface area contributed by atoms with Gasteiger partial charge < -0.3 is 19.2 Å². The Hall–Kier alpha value is -2.90. The number of benzene rings is 2. The van der Waals surface area contributed by atoms with E-state index in [0.29, 0.717) is 17.8 Å². The van der Waals surface area contributed by atoms with Gasteiger partial charge in [-0.1, -0.05) is 29.8 Å². The molecule has 1 N–H and O–H groups in total. The van der Waals surface area contributed by atoms with E-state index in [2.05, 4.69) is 5.32 Å². The molecule has 28 heavy (non-hydrogen) atoms. The number of ether oxygens (including phenoxy) is 2. The highest BCUT2D eigenvalue weighted by atomic mass is 35.5. The van der Waals surface area contributed by atoms with Crippen LogP contribution in [0.1, 0.15) is 23.0 Å². The quantitative estimate of drug-likeness (QED) is 0.583. The van der Waals surface area contributed by atoms with E-state index < -0.39 is 24.3 Å². The number of nitrogens with one attached hydrogen (secondary N) is 1. The SMILES string of the molecule is CCOCc1c(C(=O)OCC(=O)Nc2ccc(F)c(Cl)c2)oc2ccccc12. The van der Waals surface area contributed by atoms with Crippen LogP contribution < -0.4 is 5.32 Å². The molecule has 6 nitrogen and oxygen atoms in total. The molecule has 0 saturated carbocycles. The lowest BCUT2D eigenvalue weighted by molar-refractivity contribution is -0.119. The predicted molar refractivity (Wildman–Crippen MR) is 102 cm³/mol. The zero-order valence-electron chi connectivity index (χ0n) is 15.0. The number of rotatable bonds is 7. The van der Waals surface area contributed by atoms with Crippen molar-refractivity contribution < 1.29 is 27.9 Å². The molecule has 0 saturated heterocycles. The van der Waals surface area contributed by atoms with Crippen LogP contribution in [0.2, 0.25) is 5.02 Å². The Balaban J connectivity index is 1.68. The third-order valence-electron chi connectivity index (χ3n) is 3.87. The summed E-state index contributed by atoms with van der Waals surface area (Å²) in [5.74, 6) is -1.98. The monoisotopic (exact) mass is 405 g/mol. The van der Waals surface area contributed by atoms with Crippen LogP contribution in [-0.2, 0) is 20.9 Å². The van der Waals surface area contributed by atoms with Crippen molar-refractivity contribution in [1.29, 1.82) is 0 Å². The Morgan fingerprint density at radius 2 is 2.00 bits per heavy atom. The van der Waals surface area contributed by atoms with Gasteiger partial charge in [0.1, 0.15) is 11.4 Å². The number of amides is 1. The highest BCUT2D eigenvalue weighted by Gasteiger charge is 2.22. The maximum atomic E-state index is 13.2. The van der Waals surface area contributed by atoms with Crippen molar-refractivity contribution in [3.05, 3.63) is 64.6 Å². The number of halogens is 2. The van der Waals surface area contributed by atoms with E-state index in [-0.39, 0.29) is 23.1 Å². The fourth-order valence-electron chi connectivity index (χ4n) is 2.58. The molecule has 0 atom stereocenters. The van der Waals surface area contributed by atoms with Crippen LogP contribution in [0.3, 0.4) is 0 Å². The van der Waals surface area contributed by atoms with Gasteiger partial charge in [0.15, 0.2) is 6.61 Å². The summed E-state index contributed by atoms with van der Waals surface area (Å²) in [5.41, 5.74) is 1.37. The van der Waals surface area contributed by atoms with Crippen molar-refractivity contribution >= 4 is 40.1 Å². The van der Waals surface area contributed by atoms with Gasteiger partial charge in [-0.3, -0.25) is 4.79 Å². The lowest BCUT2D eigenvalue weighted by Gasteiger charge is -2.07. The van der Waals surface area contributed by atoms with Crippen LogP contribution in [0.5, 0.6) is 0 Å². The number of para-hydroxylation sites is 1. The average Bonchev–Trinajstić information content (AvgIpc) is 3.06. The summed E-state index contributed by atoms with van der Waals surface area (Å²) in [4.78, 5) is 24.4. The third kappa shape index (κ3) is 4.49. The molecule has 0 fully saturated rings. The van der Waals surface area contributed by atoms with Crippen molar-refractivity contribution in [2.45, 2.75) is 13.5 Å². The first-order valence-electron chi connectivity index (χ1n) is 8.49. The van der Waals surface area contributed by atoms with E-state index in [1.165, 1.54) is 12.1 Å². The summed E-state index contributed by atoms with van der Waals surface area (Å²) in [6, 6.07) is 10.9. The first kappa shape index (κ1) is 19.9. The topological polar surface area (TPSA) is 77.8 Å². The number of esters is 1. The fourth-order valence-corrected chi connectivity index (χ4v) is 2.76. The van der Waals surface area contributed by atoms with Crippen LogP contribution in [0.4, 0.5) is 10.1 Å². The van der Waals surface area contributed by atoms with Gasteiger partial charge in [-0.25, -0.2) is 9.18 Å². The smallest absolute Gasteiger partial charge is 0.375 e. The van der Waals surface area contributed by atoms with Crippen LogP contribution >= 0.6 is 11.6 Å². The van der Waals surface area contributed by atoms with Gasteiger partial charge >= 0.3 is 5.97 Å². The summed E-state index contributed by atoms with van der Waals surface area (Å²) in [6.45, 7) is 1.94. The van der Waals surface area contributed by atoms with Gasteiger partial charge in [0.05, 0.1) is 11.6 Å². The molecule has 3 aromatic rings. The van der Waals surface area contributed by atoms with E-state index in [4.69, 9.17) is 25.5 Å². The number of carbonyl (C=O) groups excluding carboxylic acids is 2. The molecule has 1 aromatic heterocycles. The molecule has 0 aliphatic heterocycles. The van der Waals surface area contributed by atoms with E-state index in [9.17, 15) is 14.0 Å². The summed E-state index contributed by atoms with van der Waals surface area (Å²) < 4.78 is 29.2. The highest BCUT2D eigenvalue weighted by Crippen LogP contribution is 2.27. The molecule has 2 aromatic carbocycles. The number of furan rings is 1. The number of anilines is 1. The molecule has 0 aliphatic carbocycles. The number of hydrogen-bond acceptors (Lipinski definition) is 5. The lowest BCUT2D eigenvalue weighted by atomic mass is 10.1. The van der Waals surface area contributed by atoms with Crippen LogP contribution in [0.25, 0.3) is 11.0 Å². The molecule has 146 valence electrons. The molecule has 0 spiro atoms. The standard InChI is InChI=1S/C20H17ClFNO5/c1-2-26-10-14-13-5-3-4-6-17(13)28-19(14)20(25)27-11-18(24)23-12-7-8-16(22)15(21)9-12/h3-9H,2,10-11H2,1H3,(H,23,24). The second-order valence-corrected chi connectivity index (χ2v) is 6.20. The molecule has 0 bridgehead atoms. The summed E-state index contributed by atoms with van der Waals surface area (Å²) in [6.07, 6.45) is 0. The largest absolute Gasteiger partial charge is 0.450 e. The summed E-state index contributed by atoms with van der Waals surface area (Å²) >= 11 is 5.67. The summed E-state index contributed by atoms with van der Waals surface area (Å²) in [7, 11) is 0. The normalized spacial score (nSPS) is 10.8. The van der Waals surface area contributed by atoms with E-state index >= 15 is 0 Å². The van der Waals surface area contributed by atoms with Gasteiger partial charge in [0.25, 0.3) is 5.91 Å². The highest BCUT2D eigenvalue weighted by molar-refractivity contribution is 6.31. The zero-order valence-corrected chi connectivity index (χ0v) is 15.7. The molecule has 0 radical (unpaired) electrons. The first-order chi connectivity index (χ1) is 13.5. The van der Waals surface area contributed by atoms with Crippen LogP contribution in [0.15, 0.2) is 46.9 Å². The van der Waals surface area contributed by atoms with Gasteiger partial charge in [-0.2, -0.15) is 0 Å². The zero-order chi connectivity index (χ0) is 20.1. The van der Waals surface area contributed by atoms with Crippen LogP contribution in [0, 0.1) is 5.82 Å². The van der Waals surface area contributed by atoms with Crippen molar-refractivity contribution in [1.82, 2.24) is 0 Å².